The molecule has 0 saturated carbocycles. The van der Waals surface area contributed by atoms with Crippen molar-refractivity contribution in [2.75, 3.05) is 0 Å². The molecule has 0 aliphatic carbocycles. The maximum absolute atomic E-state index is 11.9. The summed E-state index contributed by atoms with van der Waals surface area (Å²) in [5.41, 5.74) is 4.54. The first kappa shape index (κ1) is 16.2. The Bertz CT molecular complexity index is 686. The Morgan fingerprint density at radius 3 is 2.77 bits per heavy atom. The number of carbonyl (C=O) groups excluding carboxylic acids is 1. The van der Waals surface area contributed by atoms with Gasteiger partial charge in [0.2, 0.25) is 0 Å². The summed E-state index contributed by atoms with van der Waals surface area (Å²) in [5.74, 6) is 0.324. The molecule has 0 radical (unpaired) electrons. The number of benzene rings is 2. The SMILES string of the molecule is Cc1ccccc1/C=N\NC(=O)[C@@H](C)Oc1cccc(Br)c1. The van der Waals surface area contributed by atoms with E-state index in [0.29, 0.717) is 5.75 Å². The lowest BCUT2D eigenvalue weighted by atomic mass is 10.1. The maximum atomic E-state index is 11.9. The van der Waals surface area contributed by atoms with Gasteiger partial charge in [0.15, 0.2) is 6.10 Å². The van der Waals surface area contributed by atoms with Crippen molar-refractivity contribution in [2.24, 2.45) is 5.10 Å². The van der Waals surface area contributed by atoms with Crippen LogP contribution in [0.15, 0.2) is 58.1 Å². The first-order chi connectivity index (χ1) is 10.6. The molecule has 2 rings (SSSR count). The molecule has 1 atom stereocenters. The highest BCUT2D eigenvalue weighted by atomic mass is 79.9. The number of nitrogens with zero attached hydrogens (tertiary/aromatic N) is 1. The lowest BCUT2D eigenvalue weighted by Gasteiger charge is -2.13. The van der Waals surface area contributed by atoms with E-state index in [-0.39, 0.29) is 5.91 Å². The van der Waals surface area contributed by atoms with E-state index < -0.39 is 6.10 Å². The highest BCUT2D eigenvalue weighted by Crippen LogP contribution is 2.18. The van der Waals surface area contributed by atoms with Crippen LogP contribution < -0.4 is 10.2 Å². The van der Waals surface area contributed by atoms with Gasteiger partial charge in [-0.05, 0) is 43.2 Å². The zero-order valence-corrected chi connectivity index (χ0v) is 14.0. The molecule has 0 aliphatic rings. The molecular weight excluding hydrogens is 344 g/mol. The van der Waals surface area contributed by atoms with Crippen molar-refractivity contribution in [3.63, 3.8) is 0 Å². The molecule has 0 aromatic heterocycles. The molecule has 1 N–H and O–H groups in total. The number of halogens is 1. The van der Waals surface area contributed by atoms with Gasteiger partial charge < -0.3 is 4.74 Å². The topological polar surface area (TPSA) is 50.7 Å². The van der Waals surface area contributed by atoms with Gasteiger partial charge in [-0.1, -0.05) is 46.3 Å². The Kier molecular flexibility index (Phi) is 5.72. The molecule has 4 nitrogen and oxygen atoms in total. The Balaban J connectivity index is 1.90. The summed E-state index contributed by atoms with van der Waals surface area (Å²) in [6.07, 6.45) is 0.988. The summed E-state index contributed by atoms with van der Waals surface area (Å²) in [7, 11) is 0. The van der Waals surface area contributed by atoms with Gasteiger partial charge >= 0.3 is 0 Å². The summed E-state index contributed by atoms with van der Waals surface area (Å²) in [4.78, 5) is 11.9. The van der Waals surface area contributed by atoms with Gasteiger partial charge in [-0.15, -0.1) is 0 Å². The van der Waals surface area contributed by atoms with E-state index in [1.54, 1.807) is 25.3 Å². The molecular formula is C17H17BrN2O2. The van der Waals surface area contributed by atoms with E-state index in [4.69, 9.17) is 4.74 Å². The summed E-state index contributed by atoms with van der Waals surface area (Å²) in [6.45, 7) is 3.67. The third-order valence-electron chi connectivity index (χ3n) is 3.05. The lowest BCUT2D eigenvalue weighted by molar-refractivity contribution is -0.127. The number of hydrogen-bond acceptors (Lipinski definition) is 3. The van der Waals surface area contributed by atoms with Gasteiger partial charge in [-0.2, -0.15) is 5.10 Å². The standard InChI is InChI=1S/C17H17BrN2O2/c1-12-6-3-4-7-14(12)11-19-20-17(21)13(2)22-16-9-5-8-15(18)10-16/h3-11,13H,1-2H3,(H,20,21)/b19-11-/t13-/m1/s1. The van der Waals surface area contributed by atoms with Crippen molar-refractivity contribution in [3.8, 4) is 5.75 Å². The Labute approximate surface area is 138 Å². The largest absolute Gasteiger partial charge is 0.481 e. The van der Waals surface area contributed by atoms with E-state index in [9.17, 15) is 4.79 Å². The fourth-order valence-corrected chi connectivity index (χ4v) is 2.16. The Morgan fingerprint density at radius 2 is 2.05 bits per heavy atom. The van der Waals surface area contributed by atoms with Crippen LogP contribution in [-0.4, -0.2) is 18.2 Å². The van der Waals surface area contributed by atoms with Crippen LogP contribution in [-0.2, 0) is 4.79 Å². The number of aryl methyl sites for hydroxylation is 1. The van der Waals surface area contributed by atoms with Crippen molar-refractivity contribution < 1.29 is 9.53 Å². The maximum Gasteiger partial charge on any atom is 0.280 e. The molecule has 5 heteroatoms. The molecule has 0 unspecified atom stereocenters. The minimum absolute atomic E-state index is 0.301. The van der Waals surface area contributed by atoms with Gasteiger partial charge in [0.1, 0.15) is 5.75 Å². The van der Waals surface area contributed by atoms with Gasteiger partial charge in [0.05, 0.1) is 6.21 Å². The van der Waals surface area contributed by atoms with Crippen LogP contribution in [0.4, 0.5) is 0 Å². The Hall–Kier alpha value is -2.14. The summed E-state index contributed by atoms with van der Waals surface area (Å²) < 4.78 is 6.47. The molecule has 2 aromatic rings. The van der Waals surface area contributed by atoms with Crippen molar-refractivity contribution in [2.45, 2.75) is 20.0 Å². The minimum Gasteiger partial charge on any atom is -0.481 e. The molecule has 22 heavy (non-hydrogen) atoms. The Morgan fingerprint density at radius 1 is 1.27 bits per heavy atom. The zero-order chi connectivity index (χ0) is 15.9. The molecule has 114 valence electrons. The molecule has 0 bridgehead atoms. The summed E-state index contributed by atoms with van der Waals surface area (Å²) in [6, 6.07) is 15.2. The van der Waals surface area contributed by atoms with Gasteiger partial charge in [0.25, 0.3) is 5.91 Å². The van der Waals surface area contributed by atoms with E-state index in [0.717, 1.165) is 15.6 Å². The van der Waals surface area contributed by atoms with Crippen LogP contribution >= 0.6 is 15.9 Å². The number of carbonyl (C=O) groups is 1. The molecule has 0 spiro atoms. The van der Waals surface area contributed by atoms with Gasteiger partial charge in [-0.25, -0.2) is 5.43 Å². The molecule has 2 aromatic carbocycles. The quantitative estimate of drug-likeness (QED) is 0.653. The van der Waals surface area contributed by atoms with Crippen LogP contribution in [0.3, 0.4) is 0 Å². The zero-order valence-electron chi connectivity index (χ0n) is 12.4. The third-order valence-corrected chi connectivity index (χ3v) is 3.54. The van der Waals surface area contributed by atoms with E-state index in [1.807, 2.05) is 43.3 Å². The summed E-state index contributed by atoms with van der Waals surface area (Å²) in [5, 5.41) is 3.97. The first-order valence-corrected chi connectivity index (χ1v) is 7.66. The van der Waals surface area contributed by atoms with Crippen LogP contribution in [0.5, 0.6) is 5.75 Å². The molecule has 0 saturated heterocycles. The van der Waals surface area contributed by atoms with Crippen LogP contribution in [0.1, 0.15) is 18.1 Å². The van der Waals surface area contributed by atoms with Crippen LogP contribution in [0.2, 0.25) is 0 Å². The highest BCUT2D eigenvalue weighted by molar-refractivity contribution is 9.10. The van der Waals surface area contributed by atoms with Crippen molar-refractivity contribution in [3.05, 3.63) is 64.1 Å². The second kappa shape index (κ2) is 7.75. The lowest BCUT2D eigenvalue weighted by Crippen LogP contribution is -2.33. The average Bonchev–Trinajstić information content (AvgIpc) is 2.49. The van der Waals surface area contributed by atoms with E-state index in [2.05, 4.69) is 26.5 Å². The van der Waals surface area contributed by atoms with Gasteiger partial charge in [0, 0.05) is 4.47 Å². The van der Waals surface area contributed by atoms with Crippen molar-refractivity contribution >= 4 is 28.1 Å². The van der Waals surface area contributed by atoms with Crippen molar-refractivity contribution in [1.82, 2.24) is 5.43 Å². The van der Waals surface area contributed by atoms with Crippen molar-refractivity contribution in [1.29, 1.82) is 0 Å². The van der Waals surface area contributed by atoms with Crippen LogP contribution in [0, 0.1) is 6.92 Å². The molecule has 0 heterocycles. The van der Waals surface area contributed by atoms with Gasteiger partial charge in [-0.3, -0.25) is 4.79 Å². The number of rotatable bonds is 5. The fraction of sp³-hybridized carbons (Fsp3) is 0.176. The predicted octanol–water partition coefficient (Wildman–Crippen LogP) is 3.68. The highest BCUT2D eigenvalue weighted by Gasteiger charge is 2.13. The molecule has 1 amide bonds. The number of hydrogen-bond donors (Lipinski definition) is 1. The fourth-order valence-electron chi connectivity index (χ4n) is 1.79. The number of nitrogens with one attached hydrogen (secondary N) is 1. The average molecular weight is 361 g/mol. The molecule has 0 aliphatic heterocycles. The monoisotopic (exact) mass is 360 g/mol. The van der Waals surface area contributed by atoms with E-state index in [1.165, 1.54) is 0 Å². The number of amides is 1. The predicted molar refractivity (Wildman–Crippen MR) is 91.1 cm³/mol. The summed E-state index contributed by atoms with van der Waals surface area (Å²) >= 11 is 3.36. The van der Waals surface area contributed by atoms with E-state index >= 15 is 0 Å². The normalized spacial score (nSPS) is 12.1. The second-order valence-electron chi connectivity index (χ2n) is 4.81. The molecule has 0 fully saturated rings. The minimum atomic E-state index is -0.636. The number of ether oxygens (including phenoxy) is 1. The second-order valence-corrected chi connectivity index (χ2v) is 5.72. The number of hydrazone groups is 1. The van der Waals surface area contributed by atoms with Crippen LogP contribution in [0.25, 0.3) is 0 Å². The smallest absolute Gasteiger partial charge is 0.280 e. The third kappa shape index (κ3) is 4.70. The first-order valence-electron chi connectivity index (χ1n) is 6.87.